The minimum Gasteiger partial charge on any atom is -0.246 e. The van der Waals surface area contributed by atoms with Crippen LogP contribution in [0.15, 0.2) is 34.5 Å². The highest BCUT2D eigenvalue weighted by atomic mass is 32.2. The molecule has 0 spiro atoms. The first-order valence-electron chi connectivity index (χ1n) is 7.43. The molecular formula is C16H17N3O2S2. The quantitative estimate of drug-likeness (QED) is 0.856. The number of aromatic nitrogens is 1. The van der Waals surface area contributed by atoms with Gasteiger partial charge in [0.25, 0.3) is 0 Å². The molecule has 0 radical (unpaired) electrons. The molecule has 3 rings (SSSR count). The summed E-state index contributed by atoms with van der Waals surface area (Å²) >= 11 is 1.66. The number of hydrogen-bond acceptors (Lipinski definition) is 5. The van der Waals surface area contributed by atoms with Crippen molar-refractivity contribution in [1.29, 1.82) is 5.26 Å². The van der Waals surface area contributed by atoms with Crippen molar-refractivity contribution in [2.24, 2.45) is 0 Å². The summed E-state index contributed by atoms with van der Waals surface area (Å²) < 4.78 is 26.9. The van der Waals surface area contributed by atoms with Gasteiger partial charge in [-0.15, -0.1) is 11.3 Å². The van der Waals surface area contributed by atoms with Gasteiger partial charge in [0.05, 0.1) is 21.5 Å². The Bertz CT molecular complexity index is 827. The second kappa shape index (κ2) is 6.40. The number of sulfonamides is 1. The number of nitrogens with zero attached hydrogens (tertiary/aromatic N) is 3. The molecule has 1 fully saturated rings. The molecule has 0 saturated carbocycles. The van der Waals surface area contributed by atoms with E-state index in [1.165, 1.54) is 28.6 Å². The Morgan fingerprint density at radius 3 is 2.43 bits per heavy atom. The van der Waals surface area contributed by atoms with Crippen molar-refractivity contribution in [2.75, 3.05) is 13.1 Å². The van der Waals surface area contributed by atoms with Gasteiger partial charge < -0.3 is 0 Å². The molecule has 120 valence electrons. The third-order valence-corrected chi connectivity index (χ3v) is 7.10. The summed E-state index contributed by atoms with van der Waals surface area (Å²) in [5.41, 5.74) is 1.49. The van der Waals surface area contributed by atoms with Crippen LogP contribution in [0.25, 0.3) is 0 Å². The lowest BCUT2D eigenvalue weighted by molar-refractivity contribution is 0.319. The van der Waals surface area contributed by atoms with E-state index in [4.69, 9.17) is 5.26 Å². The molecule has 0 N–H and O–H groups in total. The fraction of sp³-hybridized carbons (Fsp3) is 0.375. The normalized spacial score (nSPS) is 17.0. The molecule has 0 unspecified atom stereocenters. The lowest BCUT2D eigenvalue weighted by atomic mass is 9.99. The van der Waals surface area contributed by atoms with Crippen molar-refractivity contribution in [3.05, 3.63) is 45.9 Å². The van der Waals surface area contributed by atoms with Crippen LogP contribution < -0.4 is 0 Å². The van der Waals surface area contributed by atoms with Crippen LogP contribution in [0.5, 0.6) is 0 Å². The summed E-state index contributed by atoms with van der Waals surface area (Å²) in [7, 11) is -3.48. The summed E-state index contributed by atoms with van der Waals surface area (Å²) in [5, 5.41) is 12.0. The molecule has 1 aliphatic rings. The van der Waals surface area contributed by atoms with E-state index in [9.17, 15) is 8.42 Å². The lowest BCUT2D eigenvalue weighted by Crippen LogP contribution is -2.37. The number of hydrogen-bond donors (Lipinski definition) is 0. The van der Waals surface area contributed by atoms with Crippen LogP contribution >= 0.6 is 11.3 Å². The Morgan fingerprint density at radius 1 is 1.26 bits per heavy atom. The van der Waals surface area contributed by atoms with Crippen molar-refractivity contribution in [1.82, 2.24) is 9.29 Å². The monoisotopic (exact) mass is 347 g/mol. The second-order valence-corrected chi connectivity index (χ2v) is 8.47. The molecule has 1 aliphatic heterocycles. The number of piperidine rings is 1. The largest absolute Gasteiger partial charge is 0.246 e. The van der Waals surface area contributed by atoms with Crippen LogP contribution in [0.1, 0.15) is 35.0 Å². The van der Waals surface area contributed by atoms with Crippen molar-refractivity contribution in [3.8, 4) is 6.07 Å². The van der Waals surface area contributed by atoms with Crippen LogP contribution in [0.3, 0.4) is 0 Å². The SMILES string of the molecule is Cc1csc(C2CCN(S(=O)(=O)c3ccc(C#N)cc3)CC2)n1. The van der Waals surface area contributed by atoms with Crippen LogP contribution in [0.4, 0.5) is 0 Å². The van der Waals surface area contributed by atoms with E-state index in [1.54, 1.807) is 11.3 Å². The van der Waals surface area contributed by atoms with Gasteiger partial charge in [-0.3, -0.25) is 0 Å². The van der Waals surface area contributed by atoms with E-state index in [2.05, 4.69) is 4.98 Å². The molecule has 2 aromatic rings. The molecule has 23 heavy (non-hydrogen) atoms. The van der Waals surface area contributed by atoms with E-state index >= 15 is 0 Å². The molecule has 0 amide bonds. The molecule has 1 aromatic carbocycles. The summed E-state index contributed by atoms with van der Waals surface area (Å²) in [6.07, 6.45) is 1.59. The maximum atomic E-state index is 12.7. The Hall–Kier alpha value is -1.75. The van der Waals surface area contributed by atoms with Gasteiger partial charge in [0.2, 0.25) is 10.0 Å². The number of benzene rings is 1. The van der Waals surface area contributed by atoms with Crippen molar-refractivity contribution in [3.63, 3.8) is 0 Å². The molecule has 7 heteroatoms. The number of thiazole rings is 1. The van der Waals surface area contributed by atoms with E-state index in [0.717, 1.165) is 23.5 Å². The zero-order valence-electron chi connectivity index (χ0n) is 12.8. The molecule has 0 aliphatic carbocycles. The molecule has 2 heterocycles. The topological polar surface area (TPSA) is 74.1 Å². The molecule has 0 atom stereocenters. The maximum absolute atomic E-state index is 12.7. The first-order chi connectivity index (χ1) is 11.0. The highest BCUT2D eigenvalue weighted by Gasteiger charge is 2.30. The van der Waals surface area contributed by atoms with Crippen LogP contribution in [-0.4, -0.2) is 30.8 Å². The van der Waals surface area contributed by atoms with E-state index < -0.39 is 10.0 Å². The van der Waals surface area contributed by atoms with Crippen molar-refractivity contribution < 1.29 is 8.42 Å². The van der Waals surface area contributed by atoms with E-state index in [0.29, 0.717) is 24.6 Å². The summed E-state index contributed by atoms with van der Waals surface area (Å²) in [5.74, 6) is 0.348. The molecular weight excluding hydrogens is 330 g/mol. The average Bonchev–Trinajstić information content (AvgIpc) is 3.01. The summed E-state index contributed by atoms with van der Waals surface area (Å²) in [6.45, 7) is 2.99. The van der Waals surface area contributed by atoms with Gasteiger partial charge in [0, 0.05) is 30.1 Å². The van der Waals surface area contributed by atoms with Gasteiger partial charge in [-0.25, -0.2) is 13.4 Å². The summed E-state index contributed by atoms with van der Waals surface area (Å²) in [4.78, 5) is 4.77. The Kier molecular flexibility index (Phi) is 4.48. The molecule has 1 saturated heterocycles. The van der Waals surface area contributed by atoms with Gasteiger partial charge in [-0.05, 0) is 44.0 Å². The predicted octanol–water partition coefficient (Wildman–Crippen LogP) is 2.89. The highest BCUT2D eigenvalue weighted by molar-refractivity contribution is 7.89. The van der Waals surface area contributed by atoms with Gasteiger partial charge in [-0.2, -0.15) is 9.57 Å². The lowest BCUT2D eigenvalue weighted by Gasteiger charge is -2.30. The smallest absolute Gasteiger partial charge is 0.243 e. The first kappa shape index (κ1) is 16.1. The van der Waals surface area contributed by atoms with E-state index in [-0.39, 0.29) is 4.90 Å². The average molecular weight is 347 g/mol. The minimum atomic E-state index is -3.48. The Labute approximate surface area is 140 Å². The van der Waals surface area contributed by atoms with Gasteiger partial charge in [0.15, 0.2) is 0 Å². The molecule has 5 nitrogen and oxygen atoms in total. The van der Waals surface area contributed by atoms with Gasteiger partial charge in [-0.1, -0.05) is 0 Å². The van der Waals surface area contributed by atoms with Crippen LogP contribution in [0.2, 0.25) is 0 Å². The minimum absolute atomic E-state index is 0.250. The molecule has 0 bridgehead atoms. The second-order valence-electron chi connectivity index (χ2n) is 5.64. The summed E-state index contributed by atoms with van der Waals surface area (Å²) in [6, 6.07) is 8.08. The van der Waals surface area contributed by atoms with Crippen LogP contribution in [0, 0.1) is 18.3 Å². The fourth-order valence-electron chi connectivity index (χ4n) is 2.75. The third kappa shape index (κ3) is 3.29. The number of rotatable bonds is 3. The number of nitriles is 1. The zero-order chi connectivity index (χ0) is 16.4. The first-order valence-corrected chi connectivity index (χ1v) is 9.75. The fourth-order valence-corrected chi connectivity index (χ4v) is 5.19. The Balaban J connectivity index is 1.72. The zero-order valence-corrected chi connectivity index (χ0v) is 14.4. The Morgan fingerprint density at radius 2 is 1.91 bits per heavy atom. The third-order valence-electron chi connectivity index (χ3n) is 4.06. The van der Waals surface area contributed by atoms with Crippen molar-refractivity contribution in [2.45, 2.75) is 30.6 Å². The predicted molar refractivity (Wildman–Crippen MR) is 88.7 cm³/mol. The van der Waals surface area contributed by atoms with Crippen molar-refractivity contribution >= 4 is 21.4 Å². The maximum Gasteiger partial charge on any atom is 0.243 e. The standard InChI is InChI=1S/C16H17N3O2S2/c1-12-11-22-16(18-12)14-6-8-19(9-7-14)23(20,21)15-4-2-13(10-17)3-5-15/h2-5,11,14H,6-9H2,1H3. The highest BCUT2D eigenvalue weighted by Crippen LogP contribution is 2.32. The number of aryl methyl sites for hydroxylation is 1. The van der Waals surface area contributed by atoms with Gasteiger partial charge >= 0.3 is 0 Å². The van der Waals surface area contributed by atoms with Gasteiger partial charge in [0.1, 0.15) is 0 Å². The van der Waals surface area contributed by atoms with E-state index in [1.807, 2.05) is 18.4 Å². The molecule has 1 aromatic heterocycles. The van der Waals surface area contributed by atoms with Crippen LogP contribution in [-0.2, 0) is 10.0 Å².